The molecule has 0 bridgehead atoms. The number of nitrogens with zero attached hydrogens (tertiary/aromatic N) is 3. The number of fused-ring (bicyclic) bond motifs is 3. The van der Waals surface area contributed by atoms with Crippen molar-refractivity contribution in [3.63, 3.8) is 0 Å². The predicted octanol–water partition coefficient (Wildman–Crippen LogP) is 4.48. The van der Waals surface area contributed by atoms with Gasteiger partial charge in [-0.05, 0) is 35.7 Å². The summed E-state index contributed by atoms with van der Waals surface area (Å²) < 4.78 is 23.8. The summed E-state index contributed by atoms with van der Waals surface area (Å²) in [5, 5.41) is 4.87. The van der Waals surface area contributed by atoms with Crippen LogP contribution in [-0.2, 0) is 17.8 Å². The zero-order chi connectivity index (χ0) is 24.5. The van der Waals surface area contributed by atoms with Crippen molar-refractivity contribution in [1.29, 1.82) is 0 Å². The Bertz CT molecular complexity index is 1410. The van der Waals surface area contributed by atoms with E-state index in [1.54, 1.807) is 39.2 Å². The van der Waals surface area contributed by atoms with E-state index in [9.17, 15) is 4.79 Å². The number of hydrogen-bond acceptors (Lipinski definition) is 7. The topological polar surface area (TPSA) is 84.2 Å². The van der Waals surface area contributed by atoms with Crippen molar-refractivity contribution in [2.75, 3.05) is 28.4 Å². The minimum atomic E-state index is -0.0173. The molecule has 1 aliphatic rings. The number of methoxy groups -OCH3 is 4. The minimum Gasteiger partial charge on any atom is -0.496 e. The van der Waals surface area contributed by atoms with Gasteiger partial charge in [0.1, 0.15) is 5.75 Å². The average Bonchev–Trinajstić information content (AvgIpc) is 3.26. The molecule has 8 heteroatoms. The second kappa shape index (κ2) is 9.38. The van der Waals surface area contributed by atoms with E-state index in [2.05, 4.69) is 4.98 Å². The maximum atomic E-state index is 13.2. The Hall–Kier alpha value is -3.91. The normalized spacial score (nSPS) is 15.2. The number of benzene rings is 2. The van der Waals surface area contributed by atoms with Crippen molar-refractivity contribution in [3.8, 4) is 28.4 Å². The summed E-state index contributed by atoms with van der Waals surface area (Å²) in [7, 11) is 6.49. The number of para-hydroxylation sites is 1. The van der Waals surface area contributed by atoms with E-state index in [-0.39, 0.29) is 11.7 Å². The van der Waals surface area contributed by atoms with Crippen LogP contribution in [0.3, 0.4) is 0 Å². The van der Waals surface area contributed by atoms with E-state index in [4.69, 9.17) is 24.0 Å². The molecular weight excluding hydrogens is 446 g/mol. The Morgan fingerprint density at radius 3 is 2.46 bits per heavy atom. The molecule has 0 fully saturated rings. The summed E-state index contributed by atoms with van der Waals surface area (Å²) >= 11 is 0. The summed E-state index contributed by atoms with van der Waals surface area (Å²) in [6.07, 6.45) is 2.71. The SMILES string of the molecule is COCc1nn2c3c(cnc2c1-c1ccc(OC)c(OC)c1)C(=O)C[C@H](c1ccccc1OC)C3. The molecule has 0 aliphatic heterocycles. The summed E-state index contributed by atoms with van der Waals surface area (Å²) in [6, 6.07) is 13.6. The summed E-state index contributed by atoms with van der Waals surface area (Å²) in [5.74, 6) is 2.06. The van der Waals surface area contributed by atoms with Gasteiger partial charge in [0, 0.05) is 25.6 Å². The highest BCUT2D eigenvalue weighted by Gasteiger charge is 2.32. The molecule has 8 nitrogen and oxygen atoms in total. The number of carbonyl (C=O) groups excluding carboxylic acids is 1. The number of ketones is 1. The van der Waals surface area contributed by atoms with Crippen LogP contribution in [0.15, 0.2) is 48.7 Å². The van der Waals surface area contributed by atoms with Crippen molar-refractivity contribution < 1.29 is 23.7 Å². The van der Waals surface area contributed by atoms with Crippen molar-refractivity contribution in [2.45, 2.75) is 25.4 Å². The first-order valence-corrected chi connectivity index (χ1v) is 11.4. The number of Topliss-reactive ketones (excluding diaryl/α,β-unsaturated/α-hetero) is 1. The standard InChI is InChI=1S/C27H27N3O5/c1-32-15-20-26(16-9-10-24(34-3)25(13-16)35-4)27-28-14-19-21(30(27)29-20)11-17(12-22(19)31)18-7-5-6-8-23(18)33-2/h5-10,13-14,17H,11-12,15H2,1-4H3/t17-/m1/s1. The van der Waals surface area contributed by atoms with Crippen LogP contribution in [0.4, 0.5) is 0 Å². The van der Waals surface area contributed by atoms with E-state index < -0.39 is 0 Å². The minimum absolute atomic E-state index is 0.0173. The molecule has 180 valence electrons. The van der Waals surface area contributed by atoms with Gasteiger partial charge in [-0.3, -0.25) is 4.79 Å². The van der Waals surface area contributed by atoms with Crippen LogP contribution in [0.25, 0.3) is 16.8 Å². The molecule has 5 rings (SSSR count). The molecule has 2 aromatic carbocycles. The van der Waals surface area contributed by atoms with Gasteiger partial charge in [-0.2, -0.15) is 5.10 Å². The molecule has 0 saturated heterocycles. The summed E-state index contributed by atoms with van der Waals surface area (Å²) in [6.45, 7) is 0.297. The second-order valence-electron chi connectivity index (χ2n) is 8.45. The van der Waals surface area contributed by atoms with Gasteiger partial charge in [-0.15, -0.1) is 0 Å². The van der Waals surface area contributed by atoms with Gasteiger partial charge < -0.3 is 18.9 Å². The van der Waals surface area contributed by atoms with E-state index in [1.807, 2.05) is 42.5 Å². The molecule has 1 atom stereocenters. The molecule has 4 aromatic rings. The van der Waals surface area contributed by atoms with Gasteiger partial charge in [0.25, 0.3) is 0 Å². The van der Waals surface area contributed by atoms with E-state index >= 15 is 0 Å². The highest BCUT2D eigenvalue weighted by atomic mass is 16.5. The monoisotopic (exact) mass is 473 g/mol. The van der Waals surface area contributed by atoms with E-state index in [0.29, 0.717) is 42.2 Å². The van der Waals surface area contributed by atoms with Crippen LogP contribution in [-0.4, -0.2) is 48.8 Å². The van der Waals surface area contributed by atoms with Crippen LogP contribution >= 0.6 is 0 Å². The van der Waals surface area contributed by atoms with Crippen LogP contribution in [0.1, 0.15) is 39.6 Å². The van der Waals surface area contributed by atoms with Crippen molar-refractivity contribution in [1.82, 2.24) is 14.6 Å². The average molecular weight is 474 g/mol. The molecule has 2 heterocycles. The lowest BCUT2D eigenvalue weighted by molar-refractivity contribution is 0.0961. The molecule has 0 radical (unpaired) electrons. The van der Waals surface area contributed by atoms with Crippen LogP contribution in [0.5, 0.6) is 17.2 Å². The van der Waals surface area contributed by atoms with Gasteiger partial charge in [0.2, 0.25) is 0 Å². The van der Waals surface area contributed by atoms with Gasteiger partial charge in [0.05, 0.1) is 50.5 Å². The number of ether oxygens (including phenoxy) is 4. The number of aromatic nitrogens is 3. The first-order chi connectivity index (χ1) is 17.1. The molecular formula is C27H27N3O5. The molecule has 35 heavy (non-hydrogen) atoms. The first-order valence-electron chi connectivity index (χ1n) is 11.4. The fourth-order valence-electron chi connectivity index (χ4n) is 4.89. The van der Waals surface area contributed by atoms with Crippen molar-refractivity contribution in [2.24, 2.45) is 0 Å². The smallest absolute Gasteiger partial charge is 0.166 e. The predicted molar refractivity (Wildman–Crippen MR) is 131 cm³/mol. The third kappa shape index (κ3) is 3.89. The second-order valence-corrected chi connectivity index (χ2v) is 8.45. The van der Waals surface area contributed by atoms with E-state index in [1.165, 1.54) is 0 Å². The molecule has 0 spiro atoms. The zero-order valence-corrected chi connectivity index (χ0v) is 20.2. The Labute approximate surface area is 203 Å². The Balaban J connectivity index is 1.68. The van der Waals surface area contributed by atoms with E-state index in [0.717, 1.165) is 33.8 Å². The lowest BCUT2D eigenvalue weighted by Gasteiger charge is -2.25. The maximum Gasteiger partial charge on any atom is 0.166 e. The van der Waals surface area contributed by atoms with Gasteiger partial charge in [-0.1, -0.05) is 24.3 Å². The largest absolute Gasteiger partial charge is 0.496 e. The molecule has 0 unspecified atom stereocenters. The Morgan fingerprint density at radius 2 is 1.71 bits per heavy atom. The number of hydrogen-bond donors (Lipinski definition) is 0. The van der Waals surface area contributed by atoms with Crippen molar-refractivity contribution in [3.05, 3.63) is 71.2 Å². The zero-order valence-electron chi connectivity index (χ0n) is 20.2. The molecule has 2 aromatic heterocycles. The fraction of sp³-hybridized carbons (Fsp3) is 0.296. The highest BCUT2D eigenvalue weighted by Crippen LogP contribution is 2.39. The van der Waals surface area contributed by atoms with Gasteiger partial charge >= 0.3 is 0 Å². The third-order valence-electron chi connectivity index (χ3n) is 6.52. The third-order valence-corrected chi connectivity index (χ3v) is 6.52. The van der Waals surface area contributed by atoms with Gasteiger partial charge in [0.15, 0.2) is 22.9 Å². The fourth-order valence-corrected chi connectivity index (χ4v) is 4.89. The van der Waals surface area contributed by atoms with Crippen molar-refractivity contribution >= 4 is 11.4 Å². The lowest BCUT2D eigenvalue weighted by Crippen LogP contribution is -2.23. The summed E-state index contributed by atoms with van der Waals surface area (Å²) in [4.78, 5) is 17.9. The Kier molecular flexibility index (Phi) is 6.13. The summed E-state index contributed by atoms with van der Waals surface area (Å²) in [5.41, 5.74) is 5.57. The number of rotatable bonds is 7. The molecule has 0 saturated carbocycles. The van der Waals surface area contributed by atoms with Crippen LogP contribution in [0.2, 0.25) is 0 Å². The highest BCUT2D eigenvalue weighted by molar-refractivity contribution is 5.99. The number of carbonyl (C=O) groups is 1. The lowest BCUT2D eigenvalue weighted by atomic mass is 9.81. The van der Waals surface area contributed by atoms with Gasteiger partial charge in [-0.25, -0.2) is 9.50 Å². The molecule has 0 N–H and O–H groups in total. The molecule has 1 aliphatic carbocycles. The maximum absolute atomic E-state index is 13.2. The quantitative estimate of drug-likeness (QED) is 0.391. The Morgan fingerprint density at radius 1 is 0.943 bits per heavy atom. The first kappa shape index (κ1) is 22.9. The van der Waals surface area contributed by atoms with Crippen LogP contribution < -0.4 is 14.2 Å². The molecule has 0 amide bonds. The van der Waals surface area contributed by atoms with Crippen LogP contribution in [0, 0.1) is 0 Å².